The van der Waals surface area contributed by atoms with Crippen molar-refractivity contribution < 1.29 is 19.4 Å². The van der Waals surface area contributed by atoms with Crippen molar-refractivity contribution in [3.63, 3.8) is 0 Å². The predicted molar refractivity (Wildman–Crippen MR) is 90.5 cm³/mol. The highest BCUT2D eigenvalue weighted by molar-refractivity contribution is 5.76. The molecule has 5 heteroatoms. The Labute approximate surface area is 141 Å². The second kappa shape index (κ2) is 6.93. The summed E-state index contributed by atoms with van der Waals surface area (Å²) in [4.78, 5) is 14.0. The number of ether oxygens (including phenoxy) is 2. The molecule has 0 bridgehead atoms. The quantitative estimate of drug-likeness (QED) is 0.915. The van der Waals surface area contributed by atoms with E-state index in [-0.39, 0.29) is 0 Å². The van der Waals surface area contributed by atoms with E-state index in [1.54, 1.807) is 32.4 Å². The number of carboxylic acids is 1. The molecule has 5 nitrogen and oxygen atoms in total. The van der Waals surface area contributed by atoms with Gasteiger partial charge in [0, 0.05) is 19.2 Å². The van der Waals surface area contributed by atoms with Gasteiger partial charge in [-0.1, -0.05) is 24.3 Å². The lowest BCUT2D eigenvalue weighted by molar-refractivity contribution is -0.144. The Morgan fingerprint density at radius 1 is 1.08 bits per heavy atom. The van der Waals surface area contributed by atoms with E-state index in [0.29, 0.717) is 30.2 Å². The maximum atomic E-state index is 12.0. The zero-order chi connectivity index (χ0) is 17.1. The van der Waals surface area contributed by atoms with Crippen molar-refractivity contribution in [1.82, 2.24) is 4.90 Å². The number of rotatable bonds is 5. The topological polar surface area (TPSA) is 59.0 Å². The number of carbonyl (C=O) groups is 1. The SMILES string of the molecule is COc1cc(OC)cc(C(C(=O)O)N2CCc3ccccc3C2)c1. The van der Waals surface area contributed by atoms with E-state index in [0.717, 1.165) is 6.42 Å². The van der Waals surface area contributed by atoms with E-state index in [1.807, 2.05) is 17.0 Å². The summed E-state index contributed by atoms with van der Waals surface area (Å²) in [5.74, 6) is 0.311. The minimum Gasteiger partial charge on any atom is -0.497 e. The van der Waals surface area contributed by atoms with Gasteiger partial charge >= 0.3 is 5.97 Å². The molecule has 0 saturated carbocycles. The van der Waals surface area contributed by atoms with Crippen molar-refractivity contribution >= 4 is 5.97 Å². The number of carboxylic acid groups (broad SMARTS) is 1. The molecular weight excluding hydrogens is 306 g/mol. The molecule has 1 N–H and O–H groups in total. The van der Waals surface area contributed by atoms with Crippen LogP contribution in [0.15, 0.2) is 42.5 Å². The average molecular weight is 327 g/mol. The average Bonchev–Trinajstić information content (AvgIpc) is 2.61. The Kier molecular flexibility index (Phi) is 4.71. The number of hydrogen-bond donors (Lipinski definition) is 1. The van der Waals surface area contributed by atoms with Crippen LogP contribution in [0.1, 0.15) is 22.7 Å². The fourth-order valence-electron chi connectivity index (χ4n) is 3.23. The molecule has 0 aliphatic carbocycles. The van der Waals surface area contributed by atoms with Gasteiger partial charge in [0.2, 0.25) is 0 Å². The molecule has 0 spiro atoms. The van der Waals surface area contributed by atoms with Crippen molar-refractivity contribution in [2.45, 2.75) is 19.0 Å². The van der Waals surface area contributed by atoms with Crippen LogP contribution in [-0.2, 0) is 17.8 Å². The minimum absolute atomic E-state index is 0.591. The summed E-state index contributed by atoms with van der Waals surface area (Å²) >= 11 is 0. The predicted octanol–water partition coefficient (Wildman–Crippen LogP) is 2.89. The van der Waals surface area contributed by atoms with Gasteiger partial charge in [0.05, 0.1) is 14.2 Å². The van der Waals surface area contributed by atoms with E-state index in [2.05, 4.69) is 12.1 Å². The zero-order valence-electron chi connectivity index (χ0n) is 13.9. The number of aliphatic carboxylic acids is 1. The van der Waals surface area contributed by atoms with Gasteiger partial charge in [-0.2, -0.15) is 0 Å². The zero-order valence-corrected chi connectivity index (χ0v) is 13.9. The Hall–Kier alpha value is -2.53. The molecule has 1 heterocycles. The molecule has 1 atom stereocenters. The maximum absolute atomic E-state index is 12.0. The summed E-state index contributed by atoms with van der Waals surface area (Å²) in [6, 6.07) is 12.7. The lowest BCUT2D eigenvalue weighted by Crippen LogP contribution is -2.38. The van der Waals surface area contributed by atoms with Crippen LogP contribution in [-0.4, -0.2) is 36.7 Å². The first-order valence-electron chi connectivity index (χ1n) is 7.89. The molecule has 1 aliphatic heterocycles. The highest BCUT2D eigenvalue weighted by Crippen LogP contribution is 2.32. The molecule has 0 aromatic heterocycles. The summed E-state index contributed by atoms with van der Waals surface area (Å²) in [6.45, 7) is 1.32. The van der Waals surface area contributed by atoms with Crippen LogP contribution in [0, 0.1) is 0 Å². The van der Waals surface area contributed by atoms with Gasteiger partial charge in [0.25, 0.3) is 0 Å². The molecule has 24 heavy (non-hydrogen) atoms. The summed E-state index contributed by atoms with van der Waals surface area (Å²) in [7, 11) is 3.12. The van der Waals surface area contributed by atoms with E-state index in [1.165, 1.54) is 11.1 Å². The molecule has 1 unspecified atom stereocenters. The second-order valence-electron chi connectivity index (χ2n) is 5.88. The molecule has 0 amide bonds. The number of hydrogen-bond acceptors (Lipinski definition) is 4. The summed E-state index contributed by atoms with van der Waals surface area (Å²) in [5, 5.41) is 9.83. The molecule has 0 radical (unpaired) electrons. The van der Waals surface area contributed by atoms with Crippen molar-refractivity contribution in [3.8, 4) is 11.5 Å². The van der Waals surface area contributed by atoms with Crippen molar-refractivity contribution in [2.75, 3.05) is 20.8 Å². The molecular formula is C19H21NO4. The Balaban J connectivity index is 1.95. The van der Waals surface area contributed by atoms with Crippen LogP contribution in [0.3, 0.4) is 0 Å². The van der Waals surface area contributed by atoms with Crippen molar-refractivity contribution in [1.29, 1.82) is 0 Å². The summed E-state index contributed by atoms with van der Waals surface area (Å²) in [6.07, 6.45) is 0.848. The Bertz CT molecular complexity index is 722. The standard InChI is InChI=1S/C19H21NO4/c1-23-16-9-15(10-17(11-16)24-2)18(19(21)22)20-8-7-13-5-3-4-6-14(13)12-20/h3-6,9-11,18H,7-8,12H2,1-2H3,(H,21,22). The van der Waals surface area contributed by atoms with Crippen LogP contribution >= 0.6 is 0 Å². The third-order valence-electron chi connectivity index (χ3n) is 4.45. The summed E-state index contributed by atoms with van der Waals surface area (Å²) in [5.41, 5.74) is 3.14. The summed E-state index contributed by atoms with van der Waals surface area (Å²) < 4.78 is 10.6. The van der Waals surface area contributed by atoms with Crippen LogP contribution in [0.5, 0.6) is 11.5 Å². The van der Waals surface area contributed by atoms with Gasteiger partial charge < -0.3 is 14.6 Å². The van der Waals surface area contributed by atoms with Gasteiger partial charge in [-0.25, -0.2) is 0 Å². The fourth-order valence-corrected chi connectivity index (χ4v) is 3.23. The van der Waals surface area contributed by atoms with Crippen LogP contribution in [0.25, 0.3) is 0 Å². The van der Waals surface area contributed by atoms with Crippen LogP contribution in [0.2, 0.25) is 0 Å². The smallest absolute Gasteiger partial charge is 0.325 e. The van der Waals surface area contributed by atoms with Crippen LogP contribution in [0.4, 0.5) is 0 Å². The van der Waals surface area contributed by atoms with Gasteiger partial charge in [-0.15, -0.1) is 0 Å². The Morgan fingerprint density at radius 2 is 1.71 bits per heavy atom. The molecule has 0 saturated heterocycles. The number of nitrogens with zero attached hydrogens (tertiary/aromatic N) is 1. The Morgan fingerprint density at radius 3 is 2.29 bits per heavy atom. The van der Waals surface area contributed by atoms with Crippen LogP contribution < -0.4 is 9.47 Å². The molecule has 2 aromatic carbocycles. The van der Waals surface area contributed by atoms with E-state index in [4.69, 9.17) is 9.47 Å². The molecule has 2 aromatic rings. The third kappa shape index (κ3) is 3.21. The maximum Gasteiger partial charge on any atom is 0.325 e. The molecule has 3 rings (SSSR count). The molecule has 0 fully saturated rings. The van der Waals surface area contributed by atoms with Gasteiger partial charge in [-0.05, 0) is 35.2 Å². The van der Waals surface area contributed by atoms with Crippen molar-refractivity contribution in [2.24, 2.45) is 0 Å². The number of benzene rings is 2. The van der Waals surface area contributed by atoms with Gasteiger partial charge in [0.1, 0.15) is 17.5 Å². The largest absolute Gasteiger partial charge is 0.497 e. The molecule has 126 valence electrons. The monoisotopic (exact) mass is 327 g/mol. The number of methoxy groups -OCH3 is 2. The normalized spacial score (nSPS) is 15.4. The number of fused-ring (bicyclic) bond motifs is 1. The first-order chi connectivity index (χ1) is 11.6. The highest BCUT2D eigenvalue weighted by Gasteiger charge is 2.30. The lowest BCUT2D eigenvalue weighted by Gasteiger charge is -2.33. The van der Waals surface area contributed by atoms with Gasteiger partial charge in [-0.3, -0.25) is 9.69 Å². The fraction of sp³-hybridized carbons (Fsp3) is 0.316. The lowest BCUT2D eigenvalue weighted by atomic mass is 9.96. The molecule has 1 aliphatic rings. The van der Waals surface area contributed by atoms with E-state index in [9.17, 15) is 9.90 Å². The first kappa shape index (κ1) is 16.3. The first-order valence-corrected chi connectivity index (χ1v) is 7.89. The third-order valence-corrected chi connectivity index (χ3v) is 4.45. The second-order valence-corrected chi connectivity index (χ2v) is 5.88. The highest BCUT2D eigenvalue weighted by atomic mass is 16.5. The van der Waals surface area contributed by atoms with Crippen molar-refractivity contribution in [3.05, 3.63) is 59.2 Å². The van der Waals surface area contributed by atoms with Gasteiger partial charge in [0.15, 0.2) is 0 Å². The van der Waals surface area contributed by atoms with E-state index >= 15 is 0 Å². The minimum atomic E-state index is -0.871. The van der Waals surface area contributed by atoms with E-state index < -0.39 is 12.0 Å².